The van der Waals surface area contributed by atoms with E-state index in [2.05, 4.69) is 6.07 Å². The quantitative estimate of drug-likeness (QED) is 0.486. The van der Waals surface area contributed by atoms with Crippen molar-refractivity contribution in [2.45, 2.75) is 0 Å². The van der Waals surface area contributed by atoms with Crippen LogP contribution in [0.4, 0.5) is 0 Å². The van der Waals surface area contributed by atoms with Gasteiger partial charge in [0.1, 0.15) is 5.75 Å². The fourth-order valence-corrected chi connectivity index (χ4v) is 2.93. The lowest BCUT2D eigenvalue weighted by atomic mass is 9.98. The number of nitriles is 1. The van der Waals surface area contributed by atoms with E-state index in [1.165, 1.54) is 0 Å². The molecule has 4 heteroatoms. The van der Waals surface area contributed by atoms with Crippen LogP contribution >= 0.6 is 0 Å². The van der Waals surface area contributed by atoms with Gasteiger partial charge in [0.2, 0.25) is 0 Å². The second kappa shape index (κ2) is 7.62. The number of nitrogens with zero attached hydrogens (tertiary/aromatic N) is 1. The van der Waals surface area contributed by atoms with Gasteiger partial charge in [-0.05, 0) is 46.7 Å². The van der Waals surface area contributed by atoms with Crippen molar-refractivity contribution in [1.29, 1.82) is 5.26 Å². The van der Waals surface area contributed by atoms with Crippen molar-refractivity contribution >= 4 is 22.4 Å². The normalized spacial score (nSPS) is 11.1. The van der Waals surface area contributed by atoms with Gasteiger partial charge in [-0.25, -0.2) is 0 Å². The molecule has 0 atom stereocenters. The molecule has 0 unspecified atom stereocenters. The summed E-state index contributed by atoms with van der Waals surface area (Å²) in [4.78, 5) is 0. The van der Waals surface area contributed by atoms with Crippen molar-refractivity contribution in [3.05, 3.63) is 65.7 Å². The minimum atomic E-state index is 0.514. The van der Waals surface area contributed by atoms with E-state index in [9.17, 15) is 5.26 Å². The average molecular weight is 345 g/mol. The van der Waals surface area contributed by atoms with Gasteiger partial charge in [0.15, 0.2) is 11.5 Å². The van der Waals surface area contributed by atoms with Crippen LogP contribution in [0.3, 0.4) is 0 Å². The van der Waals surface area contributed by atoms with Crippen LogP contribution in [0.5, 0.6) is 17.2 Å². The molecule has 130 valence electrons. The van der Waals surface area contributed by atoms with E-state index in [1.54, 1.807) is 33.5 Å². The third-order valence-electron chi connectivity index (χ3n) is 4.25. The summed E-state index contributed by atoms with van der Waals surface area (Å²) in [6.45, 7) is 0. The molecule has 4 nitrogen and oxygen atoms in total. The van der Waals surface area contributed by atoms with Gasteiger partial charge in [0, 0.05) is 5.56 Å². The summed E-state index contributed by atoms with van der Waals surface area (Å²) >= 11 is 0. The van der Waals surface area contributed by atoms with Gasteiger partial charge in [-0.3, -0.25) is 0 Å². The summed E-state index contributed by atoms with van der Waals surface area (Å²) in [5.41, 5.74) is 2.14. The molecule has 0 amide bonds. The Morgan fingerprint density at radius 2 is 1.54 bits per heavy atom. The van der Waals surface area contributed by atoms with Gasteiger partial charge in [-0.2, -0.15) is 5.26 Å². The van der Waals surface area contributed by atoms with E-state index in [0.717, 1.165) is 27.6 Å². The van der Waals surface area contributed by atoms with Crippen LogP contribution < -0.4 is 14.2 Å². The standard InChI is InChI=1S/C22H19NO3/c1-24-20-10-8-15-6-4-5-7-18(15)19(20)12-17(14-23)16-9-11-21(25-2)22(13-16)26-3/h4-13H,1-3H3/b17-12+. The fourth-order valence-electron chi connectivity index (χ4n) is 2.93. The van der Waals surface area contributed by atoms with Crippen LogP contribution in [-0.2, 0) is 0 Å². The van der Waals surface area contributed by atoms with E-state index in [-0.39, 0.29) is 0 Å². The summed E-state index contributed by atoms with van der Waals surface area (Å²) in [7, 11) is 4.79. The Morgan fingerprint density at radius 3 is 2.23 bits per heavy atom. The van der Waals surface area contributed by atoms with Crippen LogP contribution in [0.2, 0.25) is 0 Å². The molecule has 0 saturated carbocycles. The molecule has 3 aromatic carbocycles. The van der Waals surface area contributed by atoms with Gasteiger partial charge < -0.3 is 14.2 Å². The van der Waals surface area contributed by atoms with Gasteiger partial charge in [0.25, 0.3) is 0 Å². The molecular weight excluding hydrogens is 326 g/mol. The zero-order chi connectivity index (χ0) is 18.5. The van der Waals surface area contributed by atoms with E-state index >= 15 is 0 Å². The number of rotatable bonds is 5. The smallest absolute Gasteiger partial charge is 0.161 e. The number of allylic oxidation sites excluding steroid dienone is 1. The van der Waals surface area contributed by atoms with Crippen LogP contribution in [0.25, 0.3) is 22.4 Å². The SMILES string of the molecule is COc1ccc(/C(C#N)=C/c2c(OC)ccc3ccccc23)cc1OC. The molecule has 0 saturated heterocycles. The van der Waals surface area contributed by atoms with Gasteiger partial charge in [-0.15, -0.1) is 0 Å². The van der Waals surface area contributed by atoms with Crippen molar-refractivity contribution in [3.63, 3.8) is 0 Å². The lowest BCUT2D eigenvalue weighted by Crippen LogP contribution is -1.93. The molecule has 26 heavy (non-hydrogen) atoms. The minimum Gasteiger partial charge on any atom is -0.496 e. The Kier molecular flexibility index (Phi) is 5.09. The second-order valence-corrected chi connectivity index (χ2v) is 5.64. The number of hydrogen-bond acceptors (Lipinski definition) is 4. The summed E-state index contributed by atoms with van der Waals surface area (Å²) in [5.74, 6) is 1.92. The van der Waals surface area contributed by atoms with Crippen molar-refractivity contribution in [2.75, 3.05) is 21.3 Å². The third-order valence-corrected chi connectivity index (χ3v) is 4.25. The van der Waals surface area contributed by atoms with Gasteiger partial charge >= 0.3 is 0 Å². The highest BCUT2D eigenvalue weighted by Crippen LogP contribution is 2.34. The molecule has 0 aromatic heterocycles. The highest BCUT2D eigenvalue weighted by atomic mass is 16.5. The molecule has 0 fully saturated rings. The molecule has 0 bridgehead atoms. The zero-order valence-electron chi connectivity index (χ0n) is 14.9. The van der Waals surface area contributed by atoms with Crippen molar-refractivity contribution < 1.29 is 14.2 Å². The molecule has 0 aliphatic carbocycles. The second-order valence-electron chi connectivity index (χ2n) is 5.64. The molecule has 0 spiro atoms. The molecule has 0 aliphatic rings. The number of ether oxygens (including phenoxy) is 3. The minimum absolute atomic E-state index is 0.514. The lowest BCUT2D eigenvalue weighted by Gasteiger charge is -2.11. The third kappa shape index (κ3) is 3.20. The van der Waals surface area contributed by atoms with Crippen molar-refractivity contribution in [1.82, 2.24) is 0 Å². The molecule has 0 aliphatic heterocycles. The van der Waals surface area contributed by atoms with E-state index in [4.69, 9.17) is 14.2 Å². The highest BCUT2D eigenvalue weighted by molar-refractivity contribution is 6.00. The Morgan fingerprint density at radius 1 is 0.846 bits per heavy atom. The molecule has 0 heterocycles. The topological polar surface area (TPSA) is 51.5 Å². The Hall–Kier alpha value is -3.45. The van der Waals surface area contributed by atoms with Crippen LogP contribution in [0.1, 0.15) is 11.1 Å². The molecule has 0 radical (unpaired) electrons. The Bertz CT molecular complexity index is 1020. The first kappa shape index (κ1) is 17.4. The molecular formula is C22H19NO3. The lowest BCUT2D eigenvalue weighted by molar-refractivity contribution is 0.355. The number of methoxy groups -OCH3 is 3. The highest BCUT2D eigenvalue weighted by Gasteiger charge is 2.11. The number of hydrogen-bond donors (Lipinski definition) is 0. The van der Waals surface area contributed by atoms with Crippen LogP contribution in [0.15, 0.2) is 54.6 Å². The fraction of sp³-hybridized carbons (Fsp3) is 0.136. The van der Waals surface area contributed by atoms with Crippen LogP contribution in [-0.4, -0.2) is 21.3 Å². The summed E-state index contributed by atoms with van der Waals surface area (Å²) < 4.78 is 16.1. The largest absolute Gasteiger partial charge is 0.496 e. The summed E-state index contributed by atoms with van der Waals surface area (Å²) in [6.07, 6.45) is 1.85. The van der Waals surface area contributed by atoms with Crippen molar-refractivity contribution in [2.24, 2.45) is 0 Å². The molecule has 3 aromatic rings. The monoisotopic (exact) mass is 345 g/mol. The maximum absolute atomic E-state index is 9.74. The maximum Gasteiger partial charge on any atom is 0.161 e. The predicted octanol–water partition coefficient (Wildman–Crippen LogP) is 4.93. The van der Waals surface area contributed by atoms with E-state index in [1.807, 2.05) is 48.5 Å². The van der Waals surface area contributed by atoms with Crippen molar-refractivity contribution in [3.8, 4) is 23.3 Å². The predicted molar refractivity (Wildman–Crippen MR) is 104 cm³/mol. The first-order valence-corrected chi connectivity index (χ1v) is 8.11. The maximum atomic E-state index is 9.74. The van der Waals surface area contributed by atoms with E-state index < -0.39 is 0 Å². The van der Waals surface area contributed by atoms with Gasteiger partial charge in [-0.1, -0.05) is 30.3 Å². The number of benzene rings is 3. The molecule has 0 N–H and O–H groups in total. The average Bonchev–Trinajstić information content (AvgIpc) is 2.71. The van der Waals surface area contributed by atoms with E-state index in [0.29, 0.717) is 17.1 Å². The summed E-state index contributed by atoms with van der Waals surface area (Å²) in [6, 6.07) is 19.7. The first-order chi connectivity index (χ1) is 12.7. The zero-order valence-corrected chi connectivity index (χ0v) is 14.9. The summed E-state index contributed by atoms with van der Waals surface area (Å²) in [5, 5.41) is 11.9. The molecule has 3 rings (SSSR count). The van der Waals surface area contributed by atoms with Gasteiger partial charge in [0.05, 0.1) is 33.0 Å². The Labute approximate surface area is 152 Å². The Balaban J connectivity index is 2.19. The van der Waals surface area contributed by atoms with Crippen LogP contribution in [0, 0.1) is 11.3 Å². The first-order valence-electron chi connectivity index (χ1n) is 8.11. The number of fused-ring (bicyclic) bond motifs is 1.